The molecule has 1 fully saturated rings. The summed E-state index contributed by atoms with van der Waals surface area (Å²) in [5.41, 5.74) is 0.573. The van der Waals surface area contributed by atoms with Crippen molar-refractivity contribution >= 4 is 11.4 Å². The number of ether oxygens (including phenoxy) is 2. The van der Waals surface area contributed by atoms with Crippen molar-refractivity contribution in [2.24, 2.45) is 0 Å². The van der Waals surface area contributed by atoms with E-state index in [0.717, 1.165) is 39.3 Å². The van der Waals surface area contributed by atoms with Gasteiger partial charge in [0.05, 0.1) is 31.3 Å². The monoisotopic (exact) mass is 295 g/mol. The molecule has 1 aromatic carbocycles. The van der Waals surface area contributed by atoms with Gasteiger partial charge in [0.25, 0.3) is 5.69 Å². The average Bonchev–Trinajstić information content (AvgIpc) is 2.52. The maximum absolute atomic E-state index is 11.1. The van der Waals surface area contributed by atoms with Gasteiger partial charge >= 0.3 is 0 Å². The number of benzene rings is 1. The third-order valence-electron chi connectivity index (χ3n) is 3.47. The largest absolute Gasteiger partial charge is 0.496 e. The summed E-state index contributed by atoms with van der Waals surface area (Å²) in [7, 11) is 1.49. The van der Waals surface area contributed by atoms with Crippen LogP contribution in [0.15, 0.2) is 18.2 Å². The predicted molar refractivity (Wildman–Crippen MR) is 80.0 cm³/mol. The molecule has 1 aliphatic rings. The summed E-state index contributed by atoms with van der Waals surface area (Å²) in [6, 6.07) is 4.84. The molecule has 0 aliphatic carbocycles. The Hall–Kier alpha value is -1.86. The fourth-order valence-electron chi connectivity index (χ4n) is 2.29. The van der Waals surface area contributed by atoms with Crippen LogP contribution in [0.4, 0.5) is 11.4 Å². The molecule has 0 radical (unpaired) electrons. The van der Waals surface area contributed by atoms with Crippen LogP contribution in [-0.2, 0) is 4.74 Å². The quantitative estimate of drug-likeness (QED) is 0.469. The topological polar surface area (TPSA) is 76.9 Å². The van der Waals surface area contributed by atoms with E-state index in [2.05, 4.69) is 10.2 Å². The second-order valence-corrected chi connectivity index (χ2v) is 4.87. The number of anilines is 1. The van der Waals surface area contributed by atoms with Crippen molar-refractivity contribution in [2.75, 3.05) is 51.8 Å². The molecule has 1 heterocycles. The van der Waals surface area contributed by atoms with Crippen LogP contribution in [0.2, 0.25) is 0 Å². The highest BCUT2D eigenvalue weighted by atomic mass is 16.6. The SMILES string of the molecule is COc1ccc(NCCCN2CCOCC2)c([N+](=O)[O-])c1. The van der Waals surface area contributed by atoms with Crippen molar-refractivity contribution in [3.05, 3.63) is 28.3 Å². The molecule has 0 aromatic heterocycles. The molecule has 0 atom stereocenters. The highest BCUT2D eigenvalue weighted by molar-refractivity contribution is 5.63. The Balaban J connectivity index is 1.83. The minimum absolute atomic E-state index is 0.0423. The van der Waals surface area contributed by atoms with E-state index in [1.54, 1.807) is 12.1 Å². The van der Waals surface area contributed by atoms with E-state index in [1.807, 2.05) is 0 Å². The lowest BCUT2D eigenvalue weighted by atomic mass is 10.2. The fraction of sp³-hybridized carbons (Fsp3) is 0.571. The lowest BCUT2D eigenvalue weighted by molar-refractivity contribution is -0.384. The van der Waals surface area contributed by atoms with Gasteiger partial charge in [-0.15, -0.1) is 0 Å². The minimum Gasteiger partial charge on any atom is -0.496 e. The molecule has 0 saturated carbocycles. The molecule has 2 rings (SSSR count). The number of methoxy groups -OCH3 is 1. The van der Waals surface area contributed by atoms with Crippen molar-refractivity contribution in [3.8, 4) is 5.75 Å². The second kappa shape index (κ2) is 7.80. The summed E-state index contributed by atoms with van der Waals surface area (Å²) < 4.78 is 10.3. The van der Waals surface area contributed by atoms with E-state index < -0.39 is 4.92 Å². The summed E-state index contributed by atoms with van der Waals surface area (Å²) >= 11 is 0. The first-order valence-electron chi connectivity index (χ1n) is 7.07. The van der Waals surface area contributed by atoms with Gasteiger partial charge in [-0.25, -0.2) is 0 Å². The van der Waals surface area contributed by atoms with Gasteiger partial charge in [0.15, 0.2) is 0 Å². The number of morpholine rings is 1. The smallest absolute Gasteiger partial charge is 0.296 e. The summed E-state index contributed by atoms with van der Waals surface area (Å²) in [4.78, 5) is 13.0. The molecule has 21 heavy (non-hydrogen) atoms. The van der Waals surface area contributed by atoms with Gasteiger partial charge in [-0.05, 0) is 25.1 Å². The number of hydrogen-bond donors (Lipinski definition) is 1. The molecule has 0 amide bonds. The number of nitro groups is 1. The molecular formula is C14H21N3O4. The zero-order chi connectivity index (χ0) is 15.1. The average molecular weight is 295 g/mol. The zero-order valence-electron chi connectivity index (χ0n) is 12.2. The van der Waals surface area contributed by atoms with Gasteiger partial charge in [0, 0.05) is 19.6 Å². The summed E-state index contributed by atoms with van der Waals surface area (Å²) in [6.45, 7) is 5.17. The number of nitro benzene ring substituents is 1. The Bertz CT molecular complexity index is 475. The standard InChI is InChI=1S/C14H21N3O4/c1-20-12-3-4-13(14(11-12)17(18)19)15-5-2-6-16-7-9-21-10-8-16/h3-4,11,15H,2,5-10H2,1H3. The number of nitrogens with zero attached hydrogens (tertiary/aromatic N) is 2. The third-order valence-corrected chi connectivity index (χ3v) is 3.47. The van der Waals surface area contributed by atoms with Gasteiger partial charge in [-0.3, -0.25) is 15.0 Å². The molecule has 7 nitrogen and oxygen atoms in total. The van der Waals surface area contributed by atoms with Crippen molar-refractivity contribution < 1.29 is 14.4 Å². The highest BCUT2D eigenvalue weighted by Gasteiger charge is 2.15. The van der Waals surface area contributed by atoms with Crippen LogP contribution in [0.3, 0.4) is 0 Å². The normalized spacial score (nSPS) is 15.7. The van der Waals surface area contributed by atoms with E-state index in [4.69, 9.17) is 9.47 Å². The molecule has 1 aliphatic heterocycles. The third kappa shape index (κ3) is 4.57. The molecule has 1 aromatic rings. The van der Waals surface area contributed by atoms with Gasteiger partial charge in [-0.1, -0.05) is 0 Å². The maximum atomic E-state index is 11.1. The Kier molecular flexibility index (Phi) is 5.77. The minimum atomic E-state index is -0.396. The number of rotatable bonds is 7. The molecule has 1 saturated heterocycles. The van der Waals surface area contributed by atoms with Gasteiger partial charge in [0.1, 0.15) is 11.4 Å². The van der Waals surface area contributed by atoms with Gasteiger partial charge < -0.3 is 14.8 Å². The molecule has 7 heteroatoms. The Morgan fingerprint density at radius 2 is 2.19 bits per heavy atom. The Morgan fingerprint density at radius 1 is 1.43 bits per heavy atom. The second-order valence-electron chi connectivity index (χ2n) is 4.87. The van der Waals surface area contributed by atoms with E-state index in [9.17, 15) is 10.1 Å². The fourth-order valence-corrected chi connectivity index (χ4v) is 2.29. The zero-order valence-corrected chi connectivity index (χ0v) is 12.2. The summed E-state index contributed by atoms with van der Waals surface area (Å²) in [5.74, 6) is 0.487. The Morgan fingerprint density at radius 3 is 2.86 bits per heavy atom. The Labute approximate surface area is 124 Å². The predicted octanol–water partition coefficient (Wildman–Crippen LogP) is 1.74. The van der Waals surface area contributed by atoms with Crippen molar-refractivity contribution in [2.45, 2.75) is 6.42 Å². The lowest BCUT2D eigenvalue weighted by Gasteiger charge is -2.26. The first kappa shape index (κ1) is 15.5. The van der Waals surface area contributed by atoms with Crippen LogP contribution in [0.5, 0.6) is 5.75 Å². The van der Waals surface area contributed by atoms with E-state index in [1.165, 1.54) is 13.2 Å². The van der Waals surface area contributed by atoms with E-state index in [0.29, 0.717) is 18.0 Å². The van der Waals surface area contributed by atoms with Crippen LogP contribution in [-0.4, -0.2) is 56.3 Å². The summed E-state index contributed by atoms with van der Waals surface area (Å²) in [5, 5.41) is 14.2. The van der Waals surface area contributed by atoms with Crippen LogP contribution in [0.1, 0.15) is 6.42 Å². The van der Waals surface area contributed by atoms with Gasteiger partial charge in [-0.2, -0.15) is 0 Å². The highest BCUT2D eigenvalue weighted by Crippen LogP contribution is 2.28. The van der Waals surface area contributed by atoms with Crippen molar-refractivity contribution in [3.63, 3.8) is 0 Å². The van der Waals surface area contributed by atoms with Crippen LogP contribution in [0.25, 0.3) is 0 Å². The molecule has 0 bridgehead atoms. The molecule has 0 spiro atoms. The first-order valence-corrected chi connectivity index (χ1v) is 7.07. The lowest BCUT2D eigenvalue weighted by Crippen LogP contribution is -2.37. The molecule has 116 valence electrons. The van der Waals surface area contributed by atoms with Crippen molar-refractivity contribution in [1.29, 1.82) is 0 Å². The number of hydrogen-bond acceptors (Lipinski definition) is 6. The van der Waals surface area contributed by atoms with Crippen LogP contribution >= 0.6 is 0 Å². The van der Waals surface area contributed by atoms with Crippen molar-refractivity contribution in [1.82, 2.24) is 4.90 Å². The number of nitrogens with one attached hydrogen (secondary N) is 1. The molecule has 1 N–H and O–H groups in total. The van der Waals surface area contributed by atoms with Gasteiger partial charge in [0.2, 0.25) is 0 Å². The maximum Gasteiger partial charge on any atom is 0.296 e. The van der Waals surface area contributed by atoms with E-state index in [-0.39, 0.29) is 5.69 Å². The van der Waals surface area contributed by atoms with Crippen LogP contribution in [0, 0.1) is 10.1 Å². The summed E-state index contributed by atoms with van der Waals surface area (Å²) in [6.07, 6.45) is 0.934. The molecular weight excluding hydrogens is 274 g/mol. The van der Waals surface area contributed by atoms with E-state index >= 15 is 0 Å². The molecule has 0 unspecified atom stereocenters. The first-order chi connectivity index (χ1) is 10.2. The van der Waals surface area contributed by atoms with Crippen LogP contribution < -0.4 is 10.1 Å².